The first-order valence-electron chi connectivity index (χ1n) is 37.3. The lowest BCUT2D eigenvalue weighted by Gasteiger charge is -2.63. The van der Waals surface area contributed by atoms with Gasteiger partial charge in [0.25, 0.3) is 0 Å². The van der Waals surface area contributed by atoms with Crippen LogP contribution >= 0.6 is 0 Å². The van der Waals surface area contributed by atoms with Crippen molar-refractivity contribution in [2.75, 3.05) is 84.5 Å². The number of anilines is 1. The number of hydrogen-bond acceptors (Lipinski definition) is 20. The van der Waals surface area contributed by atoms with Crippen LogP contribution in [0.3, 0.4) is 0 Å². The summed E-state index contributed by atoms with van der Waals surface area (Å²) in [5.41, 5.74) is -3.12. The van der Waals surface area contributed by atoms with E-state index in [1.165, 1.54) is 45.1 Å². The van der Waals surface area contributed by atoms with E-state index >= 15 is 8.78 Å². The lowest BCUT2D eigenvalue weighted by molar-refractivity contribution is -0.235. The molecular formula is C76H110F2N8O20. The number of alkyl halides is 2. The number of esters is 1. The van der Waals surface area contributed by atoms with Gasteiger partial charge in [0.1, 0.15) is 36.4 Å². The highest BCUT2D eigenvalue weighted by Crippen LogP contribution is 2.72. The Bertz CT molecular complexity index is 3380. The Hall–Kier alpha value is -7.66. The molecule has 0 aromatic heterocycles. The number of aliphatic hydroxyl groups is 1. The van der Waals surface area contributed by atoms with Crippen LogP contribution in [0.2, 0.25) is 0 Å². The molecular weight excluding hydrogens is 1380 g/mol. The Morgan fingerprint density at radius 1 is 0.774 bits per heavy atom. The largest absolute Gasteiger partial charge is 0.456 e. The molecule has 7 aliphatic rings. The van der Waals surface area contributed by atoms with E-state index in [4.69, 9.17) is 48.4 Å². The van der Waals surface area contributed by atoms with E-state index in [2.05, 4.69) is 49.1 Å². The average molecular weight is 1490 g/mol. The minimum absolute atomic E-state index is 0.0406. The van der Waals surface area contributed by atoms with Gasteiger partial charge in [-0.05, 0) is 149 Å². The number of rotatable bonds is 40. The van der Waals surface area contributed by atoms with E-state index in [1.807, 2.05) is 20.8 Å². The number of benzene rings is 1. The first-order chi connectivity index (χ1) is 50.4. The Kier molecular flexibility index (Phi) is 30.0. The lowest BCUT2D eigenvalue weighted by Crippen LogP contribution is -2.71. The fourth-order valence-corrected chi connectivity index (χ4v) is 16.2. The Morgan fingerprint density at radius 2 is 1.42 bits per heavy atom. The number of carbonyl (C=O) groups is 10. The molecule has 8 amide bonds. The van der Waals surface area contributed by atoms with Gasteiger partial charge in [0.05, 0.1) is 71.7 Å². The molecule has 1 aromatic rings. The molecule has 1 aromatic carbocycles. The van der Waals surface area contributed by atoms with Crippen LogP contribution in [-0.2, 0) is 82.8 Å². The third-order valence-electron chi connectivity index (χ3n) is 21.8. The molecule has 1 heterocycles. The second-order valence-electron chi connectivity index (χ2n) is 30.4. The standard InChI is InChI=1S/C76H110F2N8O20/c1-10-16-63-105-61-40-53-54-39-56(77)55-38-49(87)24-26-73(55,8)75(54,78)59(88)41-74(53,9)76(61,106-63)60(89)44-102-68(94)72(6,7)86-66(92)58(37-45(2)3)84-71(97)103-42-47-20-22-48(23-21-47)82-65(91)57(19-15-27-80-69(79)95)83-67(93)64(46(4)5)85-62(90)25-29-98-31-33-100-35-36-101-34-32-99-30-28-81-70(96)104-43-52-50-17-13-11-12-14-18-51(50)52/h20-24,26,38,45-46,50-54,56-59,61,63-64,88H,10,13-19,25,27-37,39-44H2,1-9H3,(H,81,96)(H,82,91)(H,83,93)(H,84,97)(H,85,90)(H,86,92)(H3,79,80,95)/t50-,51+,52-,53?,54-,56-,57-,58-,59-,61+,63?,64-,73-,74-,75-,76+/m0/s1. The van der Waals surface area contributed by atoms with Crippen molar-refractivity contribution < 1.29 is 104 Å². The molecule has 1 aliphatic heterocycles. The Balaban J connectivity index is 0.738. The minimum atomic E-state index is -2.43. The van der Waals surface area contributed by atoms with E-state index in [9.17, 15) is 53.1 Å². The van der Waals surface area contributed by atoms with Gasteiger partial charge in [0.15, 0.2) is 29.9 Å². The number of amides is 8. The van der Waals surface area contributed by atoms with Crippen LogP contribution in [-0.4, -0.2) is 203 Å². The van der Waals surface area contributed by atoms with Crippen molar-refractivity contribution in [1.29, 1.82) is 0 Å². The molecule has 10 N–H and O–H groups in total. The van der Waals surface area contributed by atoms with Gasteiger partial charge in [-0.25, -0.2) is 28.0 Å². The van der Waals surface area contributed by atoms with E-state index in [0.717, 1.165) is 31.8 Å². The van der Waals surface area contributed by atoms with E-state index < -0.39 is 154 Å². The highest BCUT2D eigenvalue weighted by atomic mass is 19.1. The van der Waals surface area contributed by atoms with Gasteiger partial charge in [-0.15, -0.1) is 11.8 Å². The van der Waals surface area contributed by atoms with Crippen molar-refractivity contribution in [1.82, 2.24) is 31.9 Å². The van der Waals surface area contributed by atoms with Crippen LogP contribution in [0.4, 0.5) is 28.9 Å². The van der Waals surface area contributed by atoms with Crippen LogP contribution in [0.5, 0.6) is 0 Å². The van der Waals surface area contributed by atoms with Crippen LogP contribution in [0.1, 0.15) is 151 Å². The van der Waals surface area contributed by atoms with E-state index in [0.29, 0.717) is 88.0 Å². The number of aliphatic hydroxyl groups excluding tert-OH is 1. The second-order valence-corrected chi connectivity index (χ2v) is 30.4. The highest BCUT2D eigenvalue weighted by Gasteiger charge is 2.80. The van der Waals surface area contributed by atoms with E-state index in [1.54, 1.807) is 32.9 Å². The molecule has 0 spiro atoms. The monoisotopic (exact) mass is 1490 g/mol. The third kappa shape index (κ3) is 20.8. The van der Waals surface area contributed by atoms with Gasteiger partial charge in [-0.3, -0.25) is 28.8 Å². The van der Waals surface area contributed by atoms with Crippen LogP contribution in [0.25, 0.3) is 0 Å². The number of fused-ring (bicyclic) bond motifs is 8. The Morgan fingerprint density at radius 3 is 2.06 bits per heavy atom. The van der Waals surface area contributed by atoms with Crippen molar-refractivity contribution in [2.24, 2.45) is 58.0 Å². The normalized spacial score (nSPS) is 28.3. The molecule has 30 heteroatoms. The maximum absolute atomic E-state index is 18.0. The number of allylic oxidation sites excluding steroid dienone is 4. The number of carbonyl (C=O) groups excluding carboxylic acids is 10. The van der Waals surface area contributed by atoms with Crippen LogP contribution in [0, 0.1) is 64.1 Å². The number of primary amides is 1. The molecule has 588 valence electrons. The number of urea groups is 1. The van der Waals surface area contributed by atoms with Crippen molar-refractivity contribution in [3.8, 4) is 11.8 Å². The molecule has 8 rings (SSSR count). The summed E-state index contributed by atoms with van der Waals surface area (Å²) in [4.78, 5) is 133. The zero-order valence-corrected chi connectivity index (χ0v) is 62.5. The number of alkyl carbamates (subject to hydrolysis) is 2. The first-order valence-corrected chi connectivity index (χ1v) is 37.3. The summed E-state index contributed by atoms with van der Waals surface area (Å²) in [5, 5.41) is 30.6. The first kappa shape index (κ1) is 84.0. The number of nitrogens with two attached hydrogens (primary N) is 1. The van der Waals surface area contributed by atoms with Gasteiger partial charge in [0.2, 0.25) is 29.4 Å². The molecule has 28 nitrogen and oxygen atoms in total. The van der Waals surface area contributed by atoms with Crippen molar-refractivity contribution >= 4 is 65.1 Å². The summed E-state index contributed by atoms with van der Waals surface area (Å²) in [6.45, 7) is 16.7. The summed E-state index contributed by atoms with van der Waals surface area (Å²) < 4.78 is 86.1. The molecule has 16 atom stereocenters. The maximum atomic E-state index is 18.0. The number of nitrogens with one attached hydrogen (secondary N) is 7. The molecule has 106 heavy (non-hydrogen) atoms. The summed E-state index contributed by atoms with van der Waals surface area (Å²) in [6.07, 6.45) is 1.57. The molecule has 1 saturated heterocycles. The number of hydrogen-bond donors (Lipinski definition) is 9. The van der Waals surface area contributed by atoms with Crippen LogP contribution < -0.4 is 43.0 Å². The fraction of sp³-hybridized carbons (Fsp3) is 0.711. The van der Waals surface area contributed by atoms with Gasteiger partial charge in [-0.1, -0.05) is 66.2 Å². The highest BCUT2D eigenvalue weighted by molar-refractivity contribution is 6.02. The smallest absolute Gasteiger partial charge is 0.408 e. The quantitative estimate of drug-likeness (QED) is 0.0153. The number of Topliss-reactive ketones (excluding diaryl/α,β-unsaturated/α-hetero) is 1. The average Bonchev–Trinajstić information content (AvgIpc) is 1.43. The predicted molar refractivity (Wildman–Crippen MR) is 381 cm³/mol. The summed E-state index contributed by atoms with van der Waals surface area (Å²) in [6, 6.07) is 2.02. The Labute approximate surface area is 619 Å². The number of ether oxygens (including phenoxy) is 9. The van der Waals surface area contributed by atoms with Crippen molar-refractivity contribution in [3.05, 3.63) is 53.6 Å². The lowest BCUT2D eigenvalue weighted by atomic mass is 9.44. The van der Waals surface area contributed by atoms with E-state index in [-0.39, 0.29) is 89.4 Å². The minimum Gasteiger partial charge on any atom is -0.456 e. The third-order valence-corrected chi connectivity index (χ3v) is 21.8. The molecule has 2 unspecified atom stereocenters. The molecule has 5 fully saturated rings. The SMILES string of the molecule is CCCC1O[C@@H]2CC3[C@@H]4C[C@H](F)C5=CC(=O)C=C[C@]5(C)[C@@]4(F)[C@@H](O)C[C@]3(C)[C@]2(C(=O)COC(=O)C(C)(C)NC(=O)[C@H](CC(C)C)NC(=O)OCc2ccc(NC(=O)[C@H](CCCNC(N)=O)NC(=O)[C@@H](NC(=O)CCOCCOCCOCCOCCNC(=O)OC[C@@H]3[C@@H]4CCC#CCC[C@@H]43)C(C)C)cc2)O1. The van der Waals surface area contributed by atoms with Crippen molar-refractivity contribution in [3.63, 3.8) is 0 Å². The maximum Gasteiger partial charge on any atom is 0.408 e. The van der Waals surface area contributed by atoms with Gasteiger partial charge >= 0.3 is 24.2 Å². The topological polar surface area (TPSA) is 384 Å². The molecule has 6 aliphatic carbocycles. The van der Waals surface area contributed by atoms with Gasteiger partial charge < -0.3 is 90.7 Å². The zero-order valence-electron chi connectivity index (χ0n) is 62.5. The number of ketones is 2. The van der Waals surface area contributed by atoms with Gasteiger partial charge in [0, 0.05) is 54.8 Å². The van der Waals surface area contributed by atoms with Crippen LogP contribution in [0.15, 0.2) is 48.1 Å². The summed E-state index contributed by atoms with van der Waals surface area (Å²) in [5.74, 6) is 0.840. The predicted octanol–water partition coefficient (Wildman–Crippen LogP) is 6.18. The van der Waals surface area contributed by atoms with Crippen molar-refractivity contribution in [2.45, 2.75) is 212 Å². The fourth-order valence-electron chi connectivity index (χ4n) is 16.2. The summed E-state index contributed by atoms with van der Waals surface area (Å²) >= 11 is 0. The second kappa shape index (κ2) is 37.9. The zero-order chi connectivity index (χ0) is 77.2. The molecule has 0 radical (unpaired) electrons. The molecule has 0 bridgehead atoms. The molecule has 4 saturated carbocycles. The number of halogens is 2. The van der Waals surface area contributed by atoms with Gasteiger partial charge in [-0.2, -0.15) is 0 Å². The summed E-state index contributed by atoms with van der Waals surface area (Å²) in [7, 11) is 0.